The van der Waals surface area contributed by atoms with Crippen LogP contribution in [0.25, 0.3) is 0 Å². The minimum Gasteiger partial charge on any atom is -0.477 e. The van der Waals surface area contributed by atoms with Gasteiger partial charge in [0.2, 0.25) is 5.90 Å². The van der Waals surface area contributed by atoms with Crippen LogP contribution in [0, 0.1) is 0 Å². The van der Waals surface area contributed by atoms with Crippen molar-refractivity contribution in [1.29, 1.82) is 0 Å². The zero-order valence-electron chi connectivity index (χ0n) is 9.47. The molecule has 0 N–H and O–H groups in total. The van der Waals surface area contributed by atoms with E-state index in [9.17, 15) is 4.79 Å². The number of hydrogen-bond donors (Lipinski definition) is 0. The smallest absolute Gasteiger partial charge is 0.436 e. The highest BCUT2D eigenvalue weighted by Crippen LogP contribution is 2.03. The first kappa shape index (κ1) is 12.2. The highest BCUT2D eigenvalue weighted by Gasteiger charge is 2.07. The average Bonchev–Trinajstić information content (AvgIpc) is 2.30. The Morgan fingerprint density at radius 1 is 1.12 bits per heavy atom. The minimum atomic E-state index is -0.630. The lowest BCUT2D eigenvalue weighted by atomic mass is 10.2. The molecule has 1 aromatic carbocycles. The van der Waals surface area contributed by atoms with Crippen molar-refractivity contribution in [2.75, 3.05) is 13.2 Å². The van der Waals surface area contributed by atoms with Crippen molar-refractivity contribution in [2.24, 2.45) is 4.99 Å². The molecule has 0 unspecified atom stereocenters. The number of ether oxygens (including phenoxy) is 2. The maximum absolute atomic E-state index is 11.2. The minimum absolute atomic E-state index is 0.293. The van der Waals surface area contributed by atoms with Crippen LogP contribution in [0.2, 0.25) is 0 Å². The Bertz CT molecular complexity index is 360. The van der Waals surface area contributed by atoms with Gasteiger partial charge in [0.05, 0.1) is 13.2 Å². The van der Waals surface area contributed by atoms with E-state index in [0.717, 1.165) is 5.56 Å². The first-order chi connectivity index (χ1) is 7.77. The van der Waals surface area contributed by atoms with Crippen LogP contribution < -0.4 is 0 Å². The highest BCUT2D eigenvalue weighted by molar-refractivity contribution is 5.99. The van der Waals surface area contributed by atoms with Crippen molar-refractivity contribution >= 4 is 12.0 Å². The number of carbonyl (C=O) groups excluding carboxylic acids is 1. The van der Waals surface area contributed by atoms with E-state index in [1.54, 1.807) is 6.92 Å². The third kappa shape index (κ3) is 3.73. The third-order valence-electron chi connectivity index (χ3n) is 1.76. The number of carbonyl (C=O) groups is 1. The van der Waals surface area contributed by atoms with Gasteiger partial charge in [-0.1, -0.05) is 18.2 Å². The molecule has 0 aliphatic carbocycles. The van der Waals surface area contributed by atoms with E-state index in [0.29, 0.717) is 19.1 Å². The second-order valence-corrected chi connectivity index (χ2v) is 2.91. The van der Waals surface area contributed by atoms with Gasteiger partial charge in [-0.2, -0.15) is 0 Å². The fraction of sp³-hybridized carbons (Fsp3) is 0.333. The van der Waals surface area contributed by atoms with Crippen molar-refractivity contribution in [2.45, 2.75) is 13.8 Å². The molecule has 0 fully saturated rings. The summed E-state index contributed by atoms with van der Waals surface area (Å²) in [6, 6.07) is 9.25. The quantitative estimate of drug-likeness (QED) is 0.582. The number of rotatable bonds is 3. The fourth-order valence-electron chi connectivity index (χ4n) is 1.14. The summed E-state index contributed by atoms with van der Waals surface area (Å²) >= 11 is 0. The number of benzene rings is 1. The third-order valence-corrected chi connectivity index (χ3v) is 1.76. The molecule has 0 aliphatic heterocycles. The van der Waals surface area contributed by atoms with Crippen molar-refractivity contribution in [1.82, 2.24) is 0 Å². The van der Waals surface area contributed by atoms with Crippen LogP contribution in [0.4, 0.5) is 4.79 Å². The molecular weight excluding hydrogens is 206 g/mol. The van der Waals surface area contributed by atoms with Gasteiger partial charge >= 0.3 is 6.09 Å². The summed E-state index contributed by atoms with van der Waals surface area (Å²) < 4.78 is 10.0. The summed E-state index contributed by atoms with van der Waals surface area (Å²) in [6.07, 6.45) is -0.630. The summed E-state index contributed by atoms with van der Waals surface area (Å²) in [5.74, 6) is 0.293. The number of amides is 1. The van der Waals surface area contributed by atoms with Crippen molar-refractivity contribution < 1.29 is 14.3 Å². The van der Waals surface area contributed by atoms with Gasteiger partial charge in [-0.3, -0.25) is 0 Å². The first-order valence-electron chi connectivity index (χ1n) is 5.21. The second-order valence-electron chi connectivity index (χ2n) is 2.91. The SMILES string of the molecule is CCOC(=O)N=C(OCC)c1ccccc1. The molecule has 0 saturated heterocycles. The van der Waals surface area contributed by atoms with E-state index in [1.165, 1.54) is 0 Å². The topological polar surface area (TPSA) is 47.9 Å². The van der Waals surface area contributed by atoms with E-state index < -0.39 is 6.09 Å². The Hall–Kier alpha value is -1.84. The maximum atomic E-state index is 11.2. The van der Waals surface area contributed by atoms with Gasteiger partial charge in [0.25, 0.3) is 0 Å². The van der Waals surface area contributed by atoms with Gasteiger partial charge in [-0.25, -0.2) is 4.79 Å². The number of hydrogen-bond acceptors (Lipinski definition) is 3. The van der Waals surface area contributed by atoms with Crippen LogP contribution in [0.5, 0.6) is 0 Å². The standard InChI is InChI=1S/C12H15NO3/c1-3-15-11(13-12(14)16-4-2)10-8-6-5-7-9-10/h5-9H,3-4H2,1-2H3. The van der Waals surface area contributed by atoms with Crippen LogP contribution in [0.15, 0.2) is 35.3 Å². The van der Waals surface area contributed by atoms with E-state index in [4.69, 9.17) is 9.47 Å². The summed E-state index contributed by atoms with van der Waals surface area (Å²) in [4.78, 5) is 15.0. The molecular formula is C12H15NO3. The summed E-state index contributed by atoms with van der Waals surface area (Å²) in [7, 11) is 0. The molecule has 0 spiro atoms. The van der Waals surface area contributed by atoms with Gasteiger partial charge < -0.3 is 9.47 Å². The molecule has 0 radical (unpaired) electrons. The second kappa shape index (κ2) is 6.61. The van der Waals surface area contributed by atoms with Crippen LogP contribution in [0.1, 0.15) is 19.4 Å². The van der Waals surface area contributed by atoms with Crippen molar-refractivity contribution in [3.05, 3.63) is 35.9 Å². The molecule has 0 atom stereocenters. The van der Waals surface area contributed by atoms with Gasteiger partial charge in [0.15, 0.2) is 0 Å². The van der Waals surface area contributed by atoms with E-state index in [2.05, 4.69) is 4.99 Å². The molecule has 0 aromatic heterocycles. The molecule has 0 saturated carbocycles. The van der Waals surface area contributed by atoms with Gasteiger partial charge in [0, 0.05) is 5.56 Å². The normalized spacial score (nSPS) is 11.0. The van der Waals surface area contributed by atoms with Crippen molar-refractivity contribution in [3.63, 3.8) is 0 Å². The lowest BCUT2D eigenvalue weighted by Gasteiger charge is -2.06. The Labute approximate surface area is 94.9 Å². The molecule has 1 aromatic rings. The van der Waals surface area contributed by atoms with Crippen LogP contribution in [-0.4, -0.2) is 25.2 Å². The summed E-state index contributed by atoms with van der Waals surface area (Å²) in [5, 5.41) is 0. The Morgan fingerprint density at radius 2 is 1.75 bits per heavy atom. The maximum Gasteiger partial charge on any atom is 0.436 e. The number of nitrogens with zero attached hydrogens (tertiary/aromatic N) is 1. The van der Waals surface area contributed by atoms with Crippen LogP contribution >= 0.6 is 0 Å². The molecule has 86 valence electrons. The largest absolute Gasteiger partial charge is 0.477 e. The lowest BCUT2D eigenvalue weighted by molar-refractivity contribution is 0.162. The molecule has 0 heterocycles. The number of aliphatic imine (C=N–C) groups is 1. The van der Waals surface area contributed by atoms with E-state index in [-0.39, 0.29) is 0 Å². The van der Waals surface area contributed by atoms with Gasteiger partial charge in [-0.05, 0) is 26.0 Å². The zero-order chi connectivity index (χ0) is 11.8. The van der Waals surface area contributed by atoms with Gasteiger partial charge in [0.1, 0.15) is 0 Å². The summed E-state index contributed by atoms with van der Waals surface area (Å²) in [5.41, 5.74) is 0.761. The zero-order valence-corrected chi connectivity index (χ0v) is 9.47. The predicted octanol–water partition coefficient (Wildman–Crippen LogP) is 2.63. The summed E-state index contributed by atoms with van der Waals surface area (Å²) in [6.45, 7) is 4.32. The monoisotopic (exact) mass is 221 g/mol. The molecule has 1 amide bonds. The van der Waals surface area contributed by atoms with E-state index in [1.807, 2.05) is 37.3 Å². The van der Waals surface area contributed by atoms with E-state index >= 15 is 0 Å². The molecule has 4 nitrogen and oxygen atoms in total. The molecule has 0 bridgehead atoms. The van der Waals surface area contributed by atoms with Crippen LogP contribution in [0.3, 0.4) is 0 Å². The molecule has 4 heteroatoms. The van der Waals surface area contributed by atoms with Gasteiger partial charge in [-0.15, -0.1) is 4.99 Å². The van der Waals surface area contributed by atoms with Crippen LogP contribution in [-0.2, 0) is 9.47 Å². The average molecular weight is 221 g/mol. The first-order valence-corrected chi connectivity index (χ1v) is 5.21. The lowest BCUT2D eigenvalue weighted by Crippen LogP contribution is -2.10. The highest BCUT2D eigenvalue weighted by atomic mass is 16.6. The fourth-order valence-corrected chi connectivity index (χ4v) is 1.14. The molecule has 1 rings (SSSR count). The Balaban J connectivity index is 2.86. The molecule has 16 heavy (non-hydrogen) atoms. The Morgan fingerprint density at radius 3 is 2.31 bits per heavy atom. The molecule has 0 aliphatic rings. The Kier molecular flexibility index (Phi) is 5.05. The predicted molar refractivity (Wildman–Crippen MR) is 61.6 cm³/mol. The van der Waals surface area contributed by atoms with Crippen molar-refractivity contribution in [3.8, 4) is 0 Å².